The molecule has 174 valence electrons. The van der Waals surface area contributed by atoms with Gasteiger partial charge in [-0.25, -0.2) is 0 Å². The Morgan fingerprint density at radius 3 is 2.61 bits per heavy atom. The van der Waals surface area contributed by atoms with Gasteiger partial charge < -0.3 is 5.32 Å². The van der Waals surface area contributed by atoms with Crippen molar-refractivity contribution in [3.63, 3.8) is 0 Å². The van der Waals surface area contributed by atoms with Crippen LogP contribution in [0, 0.1) is 6.92 Å². The fourth-order valence-corrected chi connectivity index (χ4v) is 6.13. The summed E-state index contributed by atoms with van der Waals surface area (Å²) in [4.78, 5) is 17.5. The minimum Gasteiger partial charge on any atom is -0.324 e. The maximum Gasteiger partial charge on any atom is 0.416 e. The molecule has 0 fully saturated rings. The van der Waals surface area contributed by atoms with Crippen molar-refractivity contribution in [3.05, 3.63) is 85.6 Å². The Balaban J connectivity index is 1.61. The van der Waals surface area contributed by atoms with Crippen molar-refractivity contribution in [2.24, 2.45) is 0 Å². The lowest BCUT2D eigenvalue weighted by Gasteiger charge is -2.36. The number of anilines is 1. The number of carbonyl (C=O) groups is 1. The Bertz CT molecular complexity index is 1160. The van der Waals surface area contributed by atoms with Gasteiger partial charge in [-0.2, -0.15) is 13.2 Å². The number of halogens is 4. The summed E-state index contributed by atoms with van der Waals surface area (Å²) >= 11 is 7.83. The predicted molar refractivity (Wildman–Crippen MR) is 127 cm³/mol. The van der Waals surface area contributed by atoms with E-state index in [1.54, 1.807) is 11.3 Å². The van der Waals surface area contributed by atoms with Crippen LogP contribution < -0.4 is 5.32 Å². The van der Waals surface area contributed by atoms with Crippen molar-refractivity contribution < 1.29 is 18.0 Å². The van der Waals surface area contributed by atoms with Crippen LogP contribution >= 0.6 is 22.9 Å². The van der Waals surface area contributed by atoms with Crippen LogP contribution in [0.25, 0.3) is 0 Å². The molecule has 1 aromatic heterocycles. The number of nitrogens with one attached hydrogen (secondary N) is 1. The average Bonchev–Trinajstić information content (AvgIpc) is 3.09. The average molecular weight is 493 g/mol. The lowest BCUT2D eigenvalue weighted by molar-refractivity contribution is -0.137. The number of alkyl halides is 3. The van der Waals surface area contributed by atoms with E-state index in [1.807, 2.05) is 18.2 Å². The minimum absolute atomic E-state index is 0.0364. The summed E-state index contributed by atoms with van der Waals surface area (Å²) in [7, 11) is 0. The van der Waals surface area contributed by atoms with Gasteiger partial charge in [-0.05, 0) is 54.7 Å². The second-order valence-electron chi connectivity index (χ2n) is 8.11. The fourth-order valence-electron chi connectivity index (χ4n) is 4.50. The van der Waals surface area contributed by atoms with Gasteiger partial charge >= 0.3 is 6.18 Å². The van der Waals surface area contributed by atoms with Gasteiger partial charge in [0.15, 0.2) is 0 Å². The number of rotatable bonds is 5. The summed E-state index contributed by atoms with van der Waals surface area (Å²) in [6, 6.07) is 12.9. The van der Waals surface area contributed by atoms with Gasteiger partial charge in [0, 0.05) is 16.3 Å². The zero-order chi connectivity index (χ0) is 23.8. The van der Waals surface area contributed by atoms with Gasteiger partial charge in [-0.15, -0.1) is 11.3 Å². The second kappa shape index (κ2) is 9.49. The number of fused-ring (bicyclic) bond motifs is 1. The molecule has 1 aliphatic heterocycles. The molecule has 0 spiro atoms. The van der Waals surface area contributed by atoms with Crippen LogP contribution in [0.3, 0.4) is 0 Å². The molecule has 0 bridgehead atoms. The first-order valence-electron chi connectivity index (χ1n) is 10.8. The molecule has 33 heavy (non-hydrogen) atoms. The van der Waals surface area contributed by atoms with E-state index in [2.05, 4.69) is 36.2 Å². The van der Waals surface area contributed by atoms with Gasteiger partial charge in [0.05, 0.1) is 28.9 Å². The fraction of sp³-hybridized carbons (Fsp3) is 0.320. The Morgan fingerprint density at radius 2 is 1.94 bits per heavy atom. The summed E-state index contributed by atoms with van der Waals surface area (Å²) in [5.74, 6) is -0.399. The number of amides is 1. The smallest absolute Gasteiger partial charge is 0.324 e. The van der Waals surface area contributed by atoms with E-state index in [9.17, 15) is 18.0 Å². The third-order valence-corrected chi connectivity index (χ3v) is 7.57. The summed E-state index contributed by atoms with van der Waals surface area (Å²) in [6.45, 7) is 5.02. The molecule has 0 saturated heterocycles. The van der Waals surface area contributed by atoms with Crippen LogP contribution in [0.5, 0.6) is 0 Å². The molecule has 1 aliphatic rings. The van der Waals surface area contributed by atoms with Gasteiger partial charge in [-0.1, -0.05) is 48.9 Å². The van der Waals surface area contributed by atoms with E-state index in [4.69, 9.17) is 11.6 Å². The summed E-state index contributed by atoms with van der Waals surface area (Å²) in [5, 5.41) is 2.65. The van der Waals surface area contributed by atoms with Crippen LogP contribution in [0.1, 0.15) is 45.0 Å². The largest absolute Gasteiger partial charge is 0.416 e. The Kier molecular flexibility index (Phi) is 6.84. The molecule has 2 aromatic carbocycles. The number of benzene rings is 2. The molecule has 0 aliphatic carbocycles. The van der Waals surface area contributed by atoms with E-state index >= 15 is 0 Å². The van der Waals surface area contributed by atoms with E-state index in [0.29, 0.717) is 6.54 Å². The minimum atomic E-state index is -4.51. The molecular formula is C25H24ClF3N2OS. The molecular weight excluding hydrogens is 469 g/mol. The van der Waals surface area contributed by atoms with Crippen molar-refractivity contribution in [3.8, 4) is 0 Å². The topological polar surface area (TPSA) is 32.3 Å². The van der Waals surface area contributed by atoms with Crippen LogP contribution in [0.2, 0.25) is 5.02 Å². The van der Waals surface area contributed by atoms with Gasteiger partial charge in [-0.3, -0.25) is 9.69 Å². The van der Waals surface area contributed by atoms with E-state index in [-0.39, 0.29) is 23.3 Å². The lowest BCUT2D eigenvalue weighted by atomic mass is 9.91. The Morgan fingerprint density at radius 1 is 1.21 bits per heavy atom. The molecule has 3 aromatic rings. The molecule has 1 unspecified atom stereocenters. The molecule has 0 saturated carbocycles. The van der Waals surface area contributed by atoms with Crippen molar-refractivity contribution in [1.82, 2.24) is 4.90 Å². The van der Waals surface area contributed by atoms with E-state index < -0.39 is 17.6 Å². The molecule has 1 N–H and O–H groups in total. The summed E-state index contributed by atoms with van der Waals surface area (Å²) in [5.41, 5.74) is 2.95. The molecule has 3 nitrogen and oxygen atoms in total. The highest BCUT2D eigenvalue weighted by Gasteiger charge is 2.34. The predicted octanol–water partition coefficient (Wildman–Crippen LogP) is 6.88. The zero-order valence-corrected chi connectivity index (χ0v) is 19.9. The molecule has 4 rings (SSSR count). The maximum absolute atomic E-state index is 13.1. The Hall–Kier alpha value is -2.35. The van der Waals surface area contributed by atoms with Crippen LogP contribution in [-0.2, 0) is 23.8 Å². The normalized spacial score (nSPS) is 16.5. The van der Waals surface area contributed by atoms with E-state index in [1.165, 1.54) is 20.9 Å². The summed E-state index contributed by atoms with van der Waals surface area (Å²) in [6.07, 6.45) is -2.71. The third kappa shape index (κ3) is 4.95. The highest BCUT2D eigenvalue weighted by molar-refractivity contribution is 7.12. The first kappa shape index (κ1) is 23.8. The first-order chi connectivity index (χ1) is 15.7. The van der Waals surface area contributed by atoms with Gasteiger partial charge in [0.1, 0.15) is 0 Å². The third-order valence-electron chi connectivity index (χ3n) is 6.00. The molecule has 2 heterocycles. The number of hydrogen-bond acceptors (Lipinski definition) is 3. The maximum atomic E-state index is 13.1. The number of nitrogens with zero attached hydrogens (tertiary/aromatic N) is 1. The first-order valence-corrected chi connectivity index (χ1v) is 11.9. The lowest BCUT2D eigenvalue weighted by Crippen LogP contribution is -2.40. The van der Waals surface area contributed by atoms with E-state index in [0.717, 1.165) is 36.6 Å². The number of aryl methyl sites for hydroxylation is 1. The van der Waals surface area contributed by atoms with Gasteiger partial charge in [0.2, 0.25) is 5.91 Å². The molecule has 8 heteroatoms. The summed E-state index contributed by atoms with van der Waals surface area (Å²) < 4.78 is 39.3. The number of carbonyl (C=O) groups excluding carboxylic acids is 1. The van der Waals surface area contributed by atoms with Crippen LogP contribution in [0.15, 0.2) is 48.5 Å². The van der Waals surface area contributed by atoms with Gasteiger partial charge in [0.25, 0.3) is 0 Å². The highest BCUT2D eigenvalue weighted by Crippen LogP contribution is 2.42. The zero-order valence-electron chi connectivity index (χ0n) is 18.3. The van der Waals surface area contributed by atoms with Crippen molar-refractivity contribution >= 4 is 34.5 Å². The molecule has 1 atom stereocenters. The monoisotopic (exact) mass is 492 g/mol. The van der Waals surface area contributed by atoms with Crippen molar-refractivity contribution in [2.75, 3.05) is 18.4 Å². The van der Waals surface area contributed by atoms with Crippen LogP contribution in [0.4, 0.5) is 18.9 Å². The Labute approximate surface area is 200 Å². The molecule has 1 amide bonds. The second-order valence-corrected chi connectivity index (χ2v) is 9.77. The SMILES string of the molecule is CCc1c(C)sc2c1CCN(CC(=O)Nc1cc(C(F)(F)F)ccc1Cl)C2c1ccccc1. The quantitative estimate of drug-likeness (QED) is 0.421. The number of thiophene rings is 1. The standard InChI is InChI=1S/C25H24ClF3N2OS/c1-3-18-15(2)33-24-19(18)11-12-31(23(24)16-7-5-4-6-8-16)14-22(32)30-21-13-17(25(27,28)29)9-10-20(21)26/h4-10,13,23H,3,11-12,14H2,1-2H3,(H,30,32). The van der Waals surface area contributed by atoms with Crippen LogP contribution in [-0.4, -0.2) is 23.9 Å². The highest BCUT2D eigenvalue weighted by atomic mass is 35.5. The number of hydrogen-bond donors (Lipinski definition) is 1. The molecule has 0 radical (unpaired) electrons. The van der Waals surface area contributed by atoms with Crippen molar-refractivity contribution in [2.45, 2.75) is 38.9 Å². The van der Waals surface area contributed by atoms with Crippen molar-refractivity contribution in [1.29, 1.82) is 0 Å².